The Morgan fingerprint density at radius 2 is 0.554 bits per heavy atom. The maximum atomic E-state index is 2.58. The van der Waals surface area contributed by atoms with Crippen LogP contribution >= 0.6 is 0 Å². The van der Waals surface area contributed by atoms with Gasteiger partial charge in [0.15, 0.2) is 8.07 Å². The molecule has 0 aliphatic heterocycles. The van der Waals surface area contributed by atoms with Gasteiger partial charge < -0.3 is 4.90 Å². The molecule has 0 saturated heterocycles. The molecule has 9 rings (SSSR count). The van der Waals surface area contributed by atoms with Gasteiger partial charge in [-0.05, 0) is 49.6 Å². The molecule has 0 saturated carbocycles. The summed E-state index contributed by atoms with van der Waals surface area (Å²) >= 11 is 0. The molecule has 0 amide bonds. The van der Waals surface area contributed by atoms with Gasteiger partial charge in [0.1, 0.15) is 0 Å². The van der Waals surface area contributed by atoms with Gasteiger partial charge >= 0.3 is 0 Å². The van der Waals surface area contributed by atoms with Crippen molar-refractivity contribution in [2.24, 2.45) is 0 Å². The van der Waals surface area contributed by atoms with Crippen LogP contribution in [0.25, 0.3) is 33.4 Å². The minimum atomic E-state index is -3.07. The van der Waals surface area contributed by atoms with Crippen LogP contribution in [0, 0.1) is 0 Å². The maximum absolute atomic E-state index is 3.07. The molecule has 0 fully saturated rings. The predicted molar refractivity (Wildman–Crippen MR) is 241 cm³/mol. The normalized spacial score (nSPS) is 11.2. The minimum Gasteiger partial charge on any atom is -0.309 e. The van der Waals surface area contributed by atoms with E-state index in [4.69, 9.17) is 0 Å². The predicted octanol–water partition coefficient (Wildman–Crippen LogP) is 11.5. The number of rotatable bonds is 10. The number of benzene rings is 9. The fourth-order valence-corrected chi connectivity index (χ4v) is 13.4. The molecule has 0 unspecified atom stereocenters. The van der Waals surface area contributed by atoms with E-state index in [0.29, 0.717) is 0 Å². The molecule has 9 aromatic rings. The van der Waals surface area contributed by atoms with Crippen LogP contribution < -0.4 is 25.6 Å². The Balaban J connectivity index is 1.50. The highest BCUT2D eigenvalue weighted by molar-refractivity contribution is 7.20. The summed E-state index contributed by atoms with van der Waals surface area (Å²) in [6, 6.07) is 91.1. The van der Waals surface area contributed by atoms with Gasteiger partial charge in [-0.25, -0.2) is 0 Å². The number of nitrogens with zero attached hydrogens (tertiary/aromatic N) is 1. The molecule has 266 valence electrons. The van der Waals surface area contributed by atoms with Gasteiger partial charge in [-0.2, -0.15) is 0 Å². The highest BCUT2D eigenvalue weighted by Crippen LogP contribution is 2.47. The lowest BCUT2D eigenvalue weighted by atomic mass is 9.96. The van der Waals surface area contributed by atoms with Crippen LogP contribution in [-0.2, 0) is 0 Å². The molecular formula is C54H41NSi. The summed E-state index contributed by atoms with van der Waals surface area (Å²) in [6.07, 6.45) is 0. The van der Waals surface area contributed by atoms with Crippen LogP contribution in [0.4, 0.5) is 17.1 Å². The Hall–Kier alpha value is -7.00. The Morgan fingerprint density at radius 1 is 0.250 bits per heavy atom. The number of para-hydroxylation sites is 3. The summed E-state index contributed by atoms with van der Waals surface area (Å²) in [5.74, 6) is 0. The molecule has 0 N–H and O–H groups in total. The molecule has 0 heterocycles. The van der Waals surface area contributed by atoms with E-state index in [0.717, 1.165) is 22.5 Å². The zero-order valence-corrected chi connectivity index (χ0v) is 32.1. The van der Waals surface area contributed by atoms with Crippen molar-refractivity contribution in [1.29, 1.82) is 0 Å². The third-order valence-corrected chi connectivity index (χ3v) is 15.6. The van der Waals surface area contributed by atoms with Crippen molar-refractivity contribution < 1.29 is 0 Å². The summed E-state index contributed by atoms with van der Waals surface area (Å²) in [6.45, 7) is 0. The zero-order chi connectivity index (χ0) is 37.6. The van der Waals surface area contributed by atoms with E-state index in [1.165, 1.54) is 48.7 Å². The topological polar surface area (TPSA) is 3.24 Å². The second-order valence-electron chi connectivity index (χ2n) is 14.0. The van der Waals surface area contributed by atoms with Crippen LogP contribution in [0.15, 0.2) is 249 Å². The second kappa shape index (κ2) is 15.8. The van der Waals surface area contributed by atoms with Crippen molar-refractivity contribution in [3.8, 4) is 33.4 Å². The van der Waals surface area contributed by atoms with Crippen molar-refractivity contribution in [2.75, 3.05) is 4.90 Å². The first kappa shape index (κ1) is 34.7. The second-order valence-corrected chi connectivity index (χ2v) is 17.8. The Kier molecular flexibility index (Phi) is 9.78. The van der Waals surface area contributed by atoms with Gasteiger partial charge in [0, 0.05) is 16.7 Å². The number of hydrogen-bond acceptors (Lipinski definition) is 1. The fourth-order valence-electron chi connectivity index (χ4n) is 8.40. The summed E-state index contributed by atoms with van der Waals surface area (Å²) < 4.78 is 0. The highest BCUT2D eigenvalue weighted by Gasteiger charge is 2.45. The molecule has 0 atom stereocenters. The molecular weight excluding hydrogens is 691 g/mol. The van der Waals surface area contributed by atoms with E-state index in [-0.39, 0.29) is 0 Å². The first-order valence-corrected chi connectivity index (χ1v) is 21.3. The summed E-state index contributed by atoms with van der Waals surface area (Å²) in [5.41, 5.74) is 10.4. The Bertz CT molecular complexity index is 2480. The van der Waals surface area contributed by atoms with Gasteiger partial charge in [-0.15, -0.1) is 0 Å². The van der Waals surface area contributed by atoms with Crippen molar-refractivity contribution >= 4 is 45.9 Å². The lowest BCUT2D eigenvalue weighted by molar-refractivity contribution is 1.29. The SMILES string of the molecule is c1ccc(-c2ccccc2N(c2ccccc2-c2ccccc2)c2c(-c3ccccc3)cccc2[Si](c2ccccc2)(c2ccccc2)c2ccccc2)cc1. The van der Waals surface area contributed by atoms with Crippen LogP contribution in [0.5, 0.6) is 0 Å². The number of hydrogen-bond donors (Lipinski definition) is 0. The van der Waals surface area contributed by atoms with E-state index in [1.807, 2.05) is 0 Å². The van der Waals surface area contributed by atoms with E-state index < -0.39 is 8.07 Å². The zero-order valence-electron chi connectivity index (χ0n) is 31.1. The average molecular weight is 732 g/mol. The highest BCUT2D eigenvalue weighted by atomic mass is 28.3. The molecule has 9 aromatic carbocycles. The van der Waals surface area contributed by atoms with Gasteiger partial charge in [0.05, 0.1) is 17.1 Å². The van der Waals surface area contributed by atoms with Crippen LogP contribution in [0.2, 0.25) is 0 Å². The summed E-state index contributed by atoms with van der Waals surface area (Å²) in [7, 11) is -3.07. The molecule has 0 aliphatic carbocycles. The van der Waals surface area contributed by atoms with Gasteiger partial charge in [-0.3, -0.25) is 0 Å². The molecule has 0 aromatic heterocycles. The molecule has 2 heteroatoms. The van der Waals surface area contributed by atoms with Gasteiger partial charge in [0.25, 0.3) is 0 Å². The van der Waals surface area contributed by atoms with E-state index >= 15 is 0 Å². The number of anilines is 3. The third kappa shape index (κ3) is 6.36. The molecule has 0 spiro atoms. The molecule has 1 nitrogen and oxygen atoms in total. The lowest BCUT2D eigenvalue weighted by Crippen LogP contribution is -2.75. The summed E-state index contributed by atoms with van der Waals surface area (Å²) in [5, 5.41) is 5.30. The van der Waals surface area contributed by atoms with Crippen LogP contribution in [0.1, 0.15) is 0 Å². The fraction of sp³-hybridized carbons (Fsp3) is 0. The van der Waals surface area contributed by atoms with Crippen LogP contribution in [-0.4, -0.2) is 8.07 Å². The monoisotopic (exact) mass is 731 g/mol. The minimum absolute atomic E-state index is 1.11. The largest absolute Gasteiger partial charge is 0.309 e. The van der Waals surface area contributed by atoms with E-state index in [1.54, 1.807) is 0 Å². The first-order valence-electron chi connectivity index (χ1n) is 19.3. The average Bonchev–Trinajstić information content (AvgIpc) is 3.29. The Morgan fingerprint density at radius 3 is 0.946 bits per heavy atom. The van der Waals surface area contributed by atoms with Gasteiger partial charge in [0.2, 0.25) is 0 Å². The molecule has 0 radical (unpaired) electrons. The van der Waals surface area contributed by atoms with E-state index in [2.05, 4.69) is 254 Å². The molecule has 0 aliphatic rings. The lowest BCUT2D eigenvalue weighted by Gasteiger charge is -2.40. The first-order chi connectivity index (χ1) is 27.8. The molecule has 0 bridgehead atoms. The van der Waals surface area contributed by atoms with Crippen LogP contribution in [0.3, 0.4) is 0 Å². The van der Waals surface area contributed by atoms with Crippen molar-refractivity contribution in [3.05, 3.63) is 249 Å². The standard InChI is InChI=1S/C54H41NSi/c1-7-24-42(25-8-1)48-36-19-21-39-51(48)55(52-40-22-20-37-49(52)43-26-9-2-10-27-43)54-50(44-28-11-3-12-29-44)38-23-41-53(54)56(45-30-13-4-14-31-45,46-32-15-5-16-33-46)47-34-17-6-18-35-47/h1-41H. The smallest absolute Gasteiger partial charge is 0.181 e. The summed E-state index contributed by atoms with van der Waals surface area (Å²) in [4.78, 5) is 2.58. The van der Waals surface area contributed by atoms with Crippen molar-refractivity contribution in [3.63, 3.8) is 0 Å². The third-order valence-electron chi connectivity index (χ3n) is 10.8. The maximum Gasteiger partial charge on any atom is 0.181 e. The van der Waals surface area contributed by atoms with Crippen molar-refractivity contribution in [2.45, 2.75) is 0 Å². The van der Waals surface area contributed by atoms with E-state index in [9.17, 15) is 0 Å². The Labute approximate surface area is 331 Å². The molecule has 56 heavy (non-hydrogen) atoms. The van der Waals surface area contributed by atoms with Crippen molar-refractivity contribution in [1.82, 2.24) is 0 Å². The van der Waals surface area contributed by atoms with Gasteiger partial charge in [-0.1, -0.05) is 237 Å². The quantitative estimate of drug-likeness (QED) is 0.1000.